The monoisotopic (exact) mass is 267 g/mol. The van der Waals surface area contributed by atoms with Crippen LogP contribution in [0.1, 0.15) is 29.8 Å². The summed E-state index contributed by atoms with van der Waals surface area (Å²) >= 11 is 0. The van der Waals surface area contributed by atoms with Gasteiger partial charge in [0.1, 0.15) is 5.25 Å². The molecule has 0 saturated carbocycles. The standard InChI is InChI=1S/C12H13NO4S/c1-3-9-4-5-10(12(14)15)6-11(9)18(16,17)8(2)7-13/h4-6,8H,3H2,1-2H3,(H,14,15). The van der Waals surface area contributed by atoms with Crippen molar-refractivity contribution in [3.63, 3.8) is 0 Å². The topological polar surface area (TPSA) is 95.2 Å². The number of carboxylic acid groups (broad SMARTS) is 1. The highest BCUT2D eigenvalue weighted by atomic mass is 32.2. The van der Waals surface area contributed by atoms with E-state index in [-0.39, 0.29) is 10.5 Å². The molecule has 96 valence electrons. The Kier molecular flexibility index (Phi) is 4.09. The second-order valence-electron chi connectivity index (χ2n) is 3.80. The maximum absolute atomic E-state index is 12.1. The van der Waals surface area contributed by atoms with Gasteiger partial charge < -0.3 is 5.11 Å². The molecule has 0 amide bonds. The van der Waals surface area contributed by atoms with E-state index < -0.39 is 21.1 Å². The number of carbonyl (C=O) groups is 1. The Morgan fingerprint density at radius 3 is 2.56 bits per heavy atom. The van der Waals surface area contributed by atoms with Crippen LogP contribution in [0.15, 0.2) is 23.1 Å². The third kappa shape index (κ3) is 2.51. The fraction of sp³-hybridized carbons (Fsp3) is 0.333. The van der Waals surface area contributed by atoms with E-state index >= 15 is 0 Å². The molecule has 0 fully saturated rings. The summed E-state index contributed by atoms with van der Waals surface area (Å²) in [7, 11) is -3.81. The Hall–Kier alpha value is -1.87. The smallest absolute Gasteiger partial charge is 0.335 e. The first-order valence-electron chi connectivity index (χ1n) is 5.34. The number of rotatable bonds is 4. The quantitative estimate of drug-likeness (QED) is 0.894. The number of benzene rings is 1. The highest BCUT2D eigenvalue weighted by molar-refractivity contribution is 7.92. The van der Waals surface area contributed by atoms with Crippen LogP contribution in [-0.4, -0.2) is 24.7 Å². The summed E-state index contributed by atoms with van der Waals surface area (Å²) in [5, 5.41) is 16.4. The van der Waals surface area contributed by atoms with Gasteiger partial charge in [0.15, 0.2) is 9.84 Å². The summed E-state index contributed by atoms with van der Waals surface area (Å²) in [4.78, 5) is 10.8. The second-order valence-corrected chi connectivity index (χ2v) is 6.03. The van der Waals surface area contributed by atoms with E-state index in [2.05, 4.69) is 0 Å². The minimum absolute atomic E-state index is 0.0704. The highest BCUT2D eigenvalue weighted by Crippen LogP contribution is 2.22. The van der Waals surface area contributed by atoms with Crippen LogP contribution < -0.4 is 0 Å². The molecule has 1 rings (SSSR count). The van der Waals surface area contributed by atoms with E-state index in [4.69, 9.17) is 10.4 Å². The molecule has 0 spiro atoms. The van der Waals surface area contributed by atoms with Crippen molar-refractivity contribution in [2.45, 2.75) is 30.4 Å². The molecule has 0 heterocycles. The van der Waals surface area contributed by atoms with Crippen LogP contribution in [0.5, 0.6) is 0 Å². The van der Waals surface area contributed by atoms with Gasteiger partial charge >= 0.3 is 5.97 Å². The zero-order chi connectivity index (χ0) is 13.9. The summed E-state index contributed by atoms with van der Waals surface area (Å²) in [6.45, 7) is 3.05. The number of aromatic carboxylic acids is 1. The van der Waals surface area contributed by atoms with Gasteiger partial charge in [0, 0.05) is 0 Å². The van der Waals surface area contributed by atoms with E-state index in [0.717, 1.165) is 6.07 Å². The number of aryl methyl sites for hydroxylation is 1. The van der Waals surface area contributed by atoms with Crippen LogP contribution in [0.25, 0.3) is 0 Å². The number of sulfone groups is 1. The predicted molar refractivity (Wildman–Crippen MR) is 65.0 cm³/mol. The number of nitrogens with zero attached hydrogens (tertiary/aromatic N) is 1. The molecular weight excluding hydrogens is 254 g/mol. The highest BCUT2D eigenvalue weighted by Gasteiger charge is 2.26. The maximum atomic E-state index is 12.1. The second kappa shape index (κ2) is 5.19. The maximum Gasteiger partial charge on any atom is 0.335 e. The first kappa shape index (κ1) is 14.2. The number of carboxylic acids is 1. The Balaban J connectivity index is 3.52. The van der Waals surface area contributed by atoms with Crippen molar-refractivity contribution in [2.24, 2.45) is 0 Å². The molecule has 0 aliphatic heterocycles. The molecule has 1 N–H and O–H groups in total. The Morgan fingerprint density at radius 2 is 2.11 bits per heavy atom. The molecule has 6 heteroatoms. The molecule has 18 heavy (non-hydrogen) atoms. The molecule has 0 bridgehead atoms. The average Bonchev–Trinajstić information content (AvgIpc) is 2.36. The largest absolute Gasteiger partial charge is 0.478 e. The molecule has 0 aliphatic rings. The van der Waals surface area contributed by atoms with Gasteiger partial charge in [-0.3, -0.25) is 0 Å². The van der Waals surface area contributed by atoms with Crippen LogP contribution in [0.2, 0.25) is 0 Å². The fourth-order valence-electron chi connectivity index (χ4n) is 1.50. The van der Waals surface area contributed by atoms with Crippen molar-refractivity contribution in [1.29, 1.82) is 5.26 Å². The summed E-state index contributed by atoms with van der Waals surface area (Å²) in [5.41, 5.74) is 0.415. The van der Waals surface area contributed by atoms with Crippen LogP contribution >= 0.6 is 0 Å². The summed E-state index contributed by atoms with van der Waals surface area (Å²) in [5.74, 6) is -1.20. The van der Waals surface area contributed by atoms with E-state index in [0.29, 0.717) is 12.0 Å². The van der Waals surface area contributed by atoms with E-state index in [9.17, 15) is 13.2 Å². The van der Waals surface area contributed by atoms with Gasteiger partial charge in [0.2, 0.25) is 0 Å². The molecule has 0 aliphatic carbocycles. The first-order valence-corrected chi connectivity index (χ1v) is 6.89. The summed E-state index contributed by atoms with van der Waals surface area (Å²) in [6, 6.07) is 5.61. The van der Waals surface area contributed by atoms with Crippen molar-refractivity contribution >= 4 is 15.8 Å². The zero-order valence-corrected chi connectivity index (χ0v) is 10.9. The van der Waals surface area contributed by atoms with Crippen molar-refractivity contribution in [1.82, 2.24) is 0 Å². The van der Waals surface area contributed by atoms with Crippen LogP contribution in [0.4, 0.5) is 0 Å². The normalized spacial score (nSPS) is 12.7. The molecule has 1 atom stereocenters. The van der Waals surface area contributed by atoms with Gasteiger partial charge in [-0.25, -0.2) is 13.2 Å². The molecule has 0 aromatic heterocycles. The lowest BCUT2D eigenvalue weighted by Crippen LogP contribution is -2.18. The van der Waals surface area contributed by atoms with Crippen molar-refractivity contribution in [2.75, 3.05) is 0 Å². The number of hydrogen-bond acceptors (Lipinski definition) is 4. The van der Waals surface area contributed by atoms with Gasteiger partial charge in [-0.2, -0.15) is 5.26 Å². The van der Waals surface area contributed by atoms with Gasteiger partial charge in [0.05, 0.1) is 16.5 Å². The SMILES string of the molecule is CCc1ccc(C(=O)O)cc1S(=O)(=O)C(C)C#N. The van der Waals surface area contributed by atoms with E-state index in [1.807, 2.05) is 0 Å². The molecule has 1 aromatic carbocycles. The Labute approximate surface area is 106 Å². The average molecular weight is 267 g/mol. The van der Waals surface area contributed by atoms with E-state index in [1.54, 1.807) is 13.0 Å². The Bertz CT molecular complexity index is 613. The molecular formula is C12H13NO4S. The minimum atomic E-state index is -3.81. The van der Waals surface area contributed by atoms with Crippen molar-refractivity contribution in [3.8, 4) is 6.07 Å². The molecule has 0 radical (unpaired) electrons. The third-order valence-electron chi connectivity index (χ3n) is 2.65. The van der Waals surface area contributed by atoms with Crippen LogP contribution in [-0.2, 0) is 16.3 Å². The third-order valence-corrected chi connectivity index (χ3v) is 4.68. The van der Waals surface area contributed by atoms with Crippen LogP contribution in [0.3, 0.4) is 0 Å². The lowest BCUT2D eigenvalue weighted by molar-refractivity contribution is 0.0696. The van der Waals surface area contributed by atoms with Gasteiger partial charge in [-0.1, -0.05) is 13.0 Å². The van der Waals surface area contributed by atoms with Gasteiger partial charge in [-0.05, 0) is 31.0 Å². The minimum Gasteiger partial charge on any atom is -0.478 e. The molecule has 1 aromatic rings. The lowest BCUT2D eigenvalue weighted by atomic mass is 10.1. The number of hydrogen-bond donors (Lipinski definition) is 1. The lowest BCUT2D eigenvalue weighted by Gasteiger charge is -2.11. The Morgan fingerprint density at radius 1 is 1.50 bits per heavy atom. The molecule has 0 saturated heterocycles. The fourth-order valence-corrected chi connectivity index (χ4v) is 2.89. The molecule has 1 unspecified atom stereocenters. The van der Waals surface area contributed by atoms with Crippen molar-refractivity contribution in [3.05, 3.63) is 29.3 Å². The van der Waals surface area contributed by atoms with Crippen molar-refractivity contribution < 1.29 is 18.3 Å². The summed E-state index contributed by atoms with van der Waals surface area (Å²) < 4.78 is 24.2. The number of nitriles is 1. The predicted octanol–water partition coefficient (Wildman–Crippen LogP) is 1.63. The van der Waals surface area contributed by atoms with Gasteiger partial charge in [0.25, 0.3) is 0 Å². The van der Waals surface area contributed by atoms with Gasteiger partial charge in [-0.15, -0.1) is 0 Å². The first-order chi connectivity index (χ1) is 8.34. The zero-order valence-electron chi connectivity index (χ0n) is 10.0. The van der Waals surface area contributed by atoms with Crippen LogP contribution in [0, 0.1) is 11.3 Å². The summed E-state index contributed by atoms with van der Waals surface area (Å²) in [6.07, 6.45) is 0.451. The van der Waals surface area contributed by atoms with E-state index in [1.165, 1.54) is 19.1 Å². The molecule has 5 nitrogen and oxygen atoms in total.